The Balaban J connectivity index is 1.55. The predicted molar refractivity (Wildman–Crippen MR) is 117 cm³/mol. The molecule has 0 saturated carbocycles. The van der Waals surface area contributed by atoms with Crippen LogP contribution in [0.25, 0.3) is 6.08 Å². The molecule has 1 aromatic heterocycles. The number of carbonyl (C=O) groups is 1. The van der Waals surface area contributed by atoms with Crippen molar-refractivity contribution in [1.29, 1.82) is 5.26 Å². The molecule has 4 rings (SSSR count). The third kappa shape index (κ3) is 4.73. The van der Waals surface area contributed by atoms with Crippen molar-refractivity contribution in [3.05, 3.63) is 59.4 Å². The number of hydrogen-bond donors (Lipinski definition) is 1. The summed E-state index contributed by atoms with van der Waals surface area (Å²) >= 11 is 0. The Hall–Kier alpha value is -2.89. The van der Waals surface area contributed by atoms with Gasteiger partial charge < -0.3 is 9.47 Å². The smallest absolute Gasteiger partial charge is 0.241 e. The second-order valence-electron chi connectivity index (χ2n) is 8.01. The predicted octanol–water partition coefficient (Wildman–Crippen LogP) is 2.68. The van der Waals surface area contributed by atoms with Gasteiger partial charge in [0.25, 0.3) is 0 Å². The largest absolute Gasteiger partial charge is 0.341 e. The van der Waals surface area contributed by atoms with E-state index in [1.165, 1.54) is 0 Å². The quantitative estimate of drug-likeness (QED) is 0.719. The van der Waals surface area contributed by atoms with Crippen LogP contribution in [0.15, 0.2) is 47.5 Å². The fourth-order valence-electron chi connectivity index (χ4n) is 4.20. The number of amides is 1. The number of aryl methyl sites for hydroxylation is 1. The average Bonchev–Trinajstić information content (AvgIpc) is 3.45. The van der Waals surface area contributed by atoms with Crippen LogP contribution in [0.2, 0.25) is 0 Å². The molecule has 1 fully saturated rings. The summed E-state index contributed by atoms with van der Waals surface area (Å²) in [4.78, 5) is 15.1. The zero-order valence-corrected chi connectivity index (χ0v) is 18.1. The molecule has 1 N–H and O–H groups in total. The first-order valence-corrected chi connectivity index (χ1v) is 12.1. The molecule has 162 valence electrons. The topological polar surface area (TPSA) is 95.2 Å². The first-order chi connectivity index (χ1) is 15.0. The summed E-state index contributed by atoms with van der Waals surface area (Å²) in [5, 5.41) is 9.23. The molecule has 1 unspecified atom stereocenters. The minimum absolute atomic E-state index is 0.171. The van der Waals surface area contributed by atoms with Crippen molar-refractivity contribution >= 4 is 22.0 Å². The number of rotatable bonds is 7. The van der Waals surface area contributed by atoms with Crippen LogP contribution in [0.1, 0.15) is 42.5 Å². The Labute approximate surface area is 183 Å². The van der Waals surface area contributed by atoms with Gasteiger partial charge >= 0.3 is 0 Å². The number of aromatic nitrogens is 1. The van der Waals surface area contributed by atoms with Crippen LogP contribution in [0, 0.1) is 11.3 Å². The van der Waals surface area contributed by atoms with Crippen LogP contribution in [0.5, 0.6) is 0 Å². The van der Waals surface area contributed by atoms with Crippen LogP contribution < -0.4 is 4.72 Å². The maximum absolute atomic E-state index is 13.2. The highest BCUT2D eigenvalue weighted by atomic mass is 32.2. The van der Waals surface area contributed by atoms with Crippen molar-refractivity contribution in [3.63, 3.8) is 0 Å². The van der Waals surface area contributed by atoms with Gasteiger partial charge in [-0.05, 0) is 67.5 Å². The monoisotopic (exact) mass is 438 g/mol. The van der Waals surface area contributed by atoms with Gasteiger partial charge in [-0.1, -0.05) is 18.2 Å². The van der Waals surface area contributed by atoms with E-state index in [1.807, 2.05) is 12.2 Å². The lowest BCUT2D eigenvalue weighted by Crippen LogP contribution is -2.50. The van der Waals surface area contributed by atoms with Crippen LogP contribution >= 0.6 is 0 Å². The Morgan fingerprint density at radius 2 is 2.00 bits per heavy atom. The number of benzene rings is 1. The van der Waals surface area contributed by atoms with Gasteiger partial charge in [-0.3, -0.25) is 4.79 Å². The Morgan fingerprint density at radius 1 is 1.19 bits per heavy atom. The van der Waals surface area contributed by atoms with E-state index in [2.05, 4.69) is 10.8 Å². The van der Waals surface area contributed by atoms with Gasteiger partial charge in [0, 0.05) is 25.8 Å². The molecule has 2 aromatic rings. The molecular formula is C23H26N4O3S. The molecule has 1 aromatic carbocycles. The summed E-state index contributed by atoms with van der Waals surface area (Å²) < 4.78 is 30.7. The molecule has 0 spiro atoms. The second kappa shape index (κ2) is 9.08. The third-order valence-electron chi connectivity index (χ3n) is 5.93. The number of nitrogens with zero attached hydrogens (tertiary/aromatic N) is 3. The molecule has 1 atom stereocenters. The van der Waals surface area contributed by atoms with Crippen molar-refractivity contribution in [2.75, 3.05) is 13.1 Å². The normalized spacial score (nSPS) is 16.7. The third-order valence-corrected chi connectivity index (χ3v) is 7.40. The first kappa shape index (κ1) is 21.3. The van der Waals surface area contributed by atoms with Crippen LogP contribution in [-0.2, 0) is 27.8 Å². The van der Waals surface area contributed by atoms with Crippen molar-refractivity contribution in [1.82, 2.24) is 14.2 Å². The van der Waals surface area contributed by atoms with E-state index in [9.17, 15) is 18.5 Å². The Morgan fingerprint density at radius 3 is 2.77 bits per heavy atom. The van der Waals surface area contributed by atoms with E-state index in [4.69, 9.17) is 0 Å². The standard InChI is InChI=1S/C23H26N4O3S/c24-17-20-8-5-14-26(20)15-11-22(23(28)27-12-2-1-3-13-27)25-31(29,30)21-10-9-18-6-4-7-19(18)16-21/h4-6,8-10,14,16,22,25H,1-3,7,11-13,15H2. The molecule has 7 nitrogen and oxygen atoms in total. The molecule has 0 bridgehead atoms. The molecule has 0 radical (unpaired) electrons. The fraction of sp³-hybridized carbons (Fsp3) is 0.391. The van der Waals surface area contributed by atoms with Crippen LogP contribution in [-0.4, -0.2) is 42.9 Å². The average molecular weight is 439 g/mol. The van der Waals surface area contributed by atoms with Crippen molar-refractivity contribution < 1.29 is 13.2 Å². The molecule has 1 amide bonds. The summed E-state index contributed by atoms with van der Waals surface area (Å²) in [6, 6.07) is 9.75. The van der Waals surface area contributed by atoms with E-state index in [1.54, 1.807) is 46.0 Å². The highest BCUT2D eigenvalue weighted by molar-refractivity contribution is 7.89. The fourth-order valence-corrected chi connectivity index (χ4v) is 5.48. The van der Waals surface area contributed by atoms with E-state index in [-0.39, 0.29) is 17.2 Å². The number of hydrogen-bond acceptors (Lipinski definition) is 4. The highest BCUT2D eigenvalue weighted by Gasteiger charge is 2.30. The minimum Gasteiger partial charge on any atom is -0.341 e. The van der Waals surface area contributed by atoms with Crippen molar-refractivity contribution in [2.45, 2.75) is 49.6 Å². The Kier molecular flexibility index (Phi) is 6.25. The lowest BCUT2D eigenvalue weighted by atomic mass is 10.1. The number of likely N-dealkylation sites (tertiary alicyclic amines) is 1. The maximum Gasteiger partial charge on any atom is 0.241 e. The number of piperidine rings is 1. The van der Waals surface area contributed by atoms with Gasteiger partial charge in [0.05, 0.1) is 4.90 Å². The summed E-state index contributed by atoms with van der Waals surface area (Å²) in [6.45, 7) is 1.67. The molecule has 1 saturated heterocycles. The number of nitriles is 1. The molecule has 2 aliphatic rings. The van der Waals surface area contributed by atoms with Gasteiger partial charge in [0.15, 0.2) is 0 Å². The van der Waals surface area contributed by atoms with E-state index in [0.717, 1.165) is 30.4 Å². The molecular weight excluding hydrogens is 412 g/mol. The number of nitrogens with one attached hydrogen (secondary N) is 1. The number of fused-ring (bicyclic) bond motifs is 1. The zero-order valence-electron chi connectivity index (χ0n) is 17.3. The van der Waals surface area contributed by atoms with Crippen molar-refractivity contribution in [2.24, 2.45) is 0 Å². The molecule has 8 heteroatoms. The number of allylic oxidation sites excluding steroid dienone is 1. The summed E-state index contributed by atoms with van der Waals surface area (Å²) in [7, 11) is -3.87. The second-order valence-corrected chi connectivity index (χ2v) is 9.73. The molecule has 31 heavy (non-hydrogen) atoms. The molecule has 1 aliphatic carbocycles. The minimum atomic E-state index is -3.87. The maximum atomic E-state index is 13.2. The lowest BCUT2D eigenvalue weighted by molar-refractivity contribution is -0.134. The van der Waals surface area contributed by atoms with Gasteiger partial charge in [-0.2, -0.15) is 9.98 Å². The number of carbonyl (C=O) groups excluding carboxylic acids is 1. The van der Waals surface area contributed by atoms with Crippen molar-refractivity contribution in [3.8, 4) is 6.07 Å². The van der Waals surface area contributed by atoms with Crippen LogP contribution in [0.3, 0.4) is 0 Å². The lowest BCUT2D eigenvalue weighted by Gasteiger charge is -2.31. The first-order valence-electron chi connectivity index (χ1n) is 10.6. The van der Waals surface area contributed by atoms with Gasteiger partial charge in [-0.25, -0.2) is 8.42 Å². The van der Waals surface area contributed by atoms with Crippen LogP contribution in [0.4, 0.5) is 0 Å². The summed E-state index contributed by atoms with van der Waals surface area (Å²) in [5.41, 5.74) is 2.47. The highest BCUT2D eigenvalue weighted by Crippen LogP contribution is 2.23. The van der Waals surface area contributed by atoms with Gasteiger partial charge in [0.2, 0.25) is 15.9 Å². The van der Waals surface area contributed by atoms with E-state index < -0.39 is 16.1 Å². The molecule has 1 aliphatic heterocycles. The van der Waals surface area contributed by atoms with E-state index >= 15 is 0 Å². The van der Waals surface area contributed by atoms with Gasteiger partial charge in [-0.15, -0.1) is 0 Å². The summed E-state index contributed by atoms with van der Waals surface area (Å²) in [5.74, 6) is -0.197. The van der Waals surface area contributed by atoms with Gasteiger partial charge in [0.1, 0.15) is 17.8 Å². The number of sulfonamides is 1. The Bertz CT molecular complexity index is 1140. The zero-order chi connectivity index (χ0) is 21.8. The SMILES string of the molecule is N#Cc1cccn1CCC(NS(=O)(=O)c1ccc2c(c1)CC=C2)C(=O)N1CCCCC1. The van der Waals surface area contributed by atoms with E-state index in [0.29, 0.717) is 31.7 Å². The summed E-state index contributed by atoms with van der Waals surface area (Å²) in [6.07, 6.45) is 9.66. The molecule has 2 heterocycles.